The van der Waals surface area contributed by atoms with Crippen LogP contribution in [-0.4, -0.2) is 27.3 Å². The van der Waals surface area contributed by atoms with E-state index in [2.05, 4.69) is 9.97 Å². The largest absolute Gasteiger partial charge is 0.465 e. The van der Waals surface area contributed by atoms with E-state index in [0.717, 1.165) is 79.2 Å². The molecule has 2 aromatic heterocycles. The van der Waals surface area contributed by atoms with Gasteiger partial charge in [0.05, 0.1) is 11.6 Å². The Morgan fingerprint density at radius 1 is 1.30 bits per heavy atom. The van der Waals surface area contributed by atoms with Crippen molar-refractivity contribution < 1.29 is 9.21 Å². The van der Waals surface area contributed by atoms with Gasteiger partial charge < -0.3 is 14.3 Å². The molecule has 4 rings (SSSR count). The van der Waals surface area contributed by atoms with Crippen LogP contribution in [0.25, 0.3) is 0 Å². The number of likely N-dealkylation sites (tertiary alicyclic amines) is 1. The number of fused-ring (bicyclic) bond motifs is 1. The maximum absolute atomic E-state index is 13.2. The summed E-state index contributed by atoms with van der Waals surface area (Å²) in [6.45, 7) is 4.71. The summed E-state index contributed by atoms with van der Waals surface area (Å²) in [6, 6.07) is 0.0599. The maximum atomic E-state index is 13.2. The van der Waals surface area contributed by atoms with Crippen molar-refractivity contribution in [3.8, 4) is 0 Å². The average molecular weight is 313 g/mol. The molecule has 0 radical (unpaired) electrons. The monoisotopic (exact) mass is 313 g/mol. The first-order valence-electron chi connectivity index (χ1n) is 8.58. The molecular weight excluding hydrogens is 290 g/mol. The SMILES string of the molecule is Cc1cnc(C2CCCN2C(=O)c2c(C)oc3c2CCCC3)[nH]1. The smallest absolute Gasteiger partial charge is 0.258 e. The minimum absolute atomic E-state index is 0.0599. The summed E-state index contributed by atoms with van der Waals surface area (Å²) >= 11 is 0. The molecule has 1 atom stereocenters. The number of nitrogens with one attached hydrogen (secondary N) is 1. The van der Waals surface area contributed by atoms with Gasteiger partial charge in [0, 0.05) is 30.4 Å². The van der Waals surface area contributed by atoms with Crippen molar-refractivity contribution in [3.63, 3.8) is 0 Å². The lowest BCUT2D eigenvalue weighted by atomic mass is 9.94. The summed E-state index contributed by atoms with van der Waals surface area (Å²) in [4.78, 5) is 22.9. The molecule has 1 aliphatic carbocycles. The summed E-state index contributed by atoms with van der Waals surface area (Å²) in [5, 5.41) is 0. The normalized spacial score (nSPS) is 20.8. The van der Waals surface area contributed by atoms with Crippen LogP contribution in [0.3, 0.4) is 0 Å². The number of aromatic nitrogens is 2. The molecule has 1 amide bonds. The number of H-pyrrole nitrogens is 1. The highest BCUT2D eigenvalue weighted by Crippen LogP contribution is 2.35. The molecule has 3 heterocycles. The predicted molar refractivity (Wildman–Crippen MR) is 86.4 cm³/mol. The van der Waals surface area contributed by atoms with E-state index in [9.17, 15) is 4.79 Å². The quantitative estimate of drug-likeness (QED) is 0.923. The number of imidazole rings is 1. The Labute approximate surface area is 136 Å². The van der Waals surface area contributed by atoms with Crippen molar-refractivity contribution in [2.24, 2.45) is 0 Å². The number of aromatic amines is 1. The van der Waals surface area contributed by atoms with Crippen LogP contribution < -0.4 is 0 Å². The van der Waals surface area contributed by atoms with Crippen LogP contribution in [0.2, 0.25) is 0 Å². The summed E-state index contributed by atoms with van der Waals surface area (Å²) in [6.07, 6.45) is 8.06. The van der Waals surface area contributed by atoms with Gasteiger partial charge in [0.1, 0.15) is 17.3 Å². The van der Waals surface area contributed by atoms with E-state index in [0.29, 0.717) is 0 Å². The molecule has 1 saturated heterocycles. The fourth-order valence-corrected chi connectivity index (χ4v) is 4.02. The van der Waals surface area contributed by atoms with Gasteiger partial charge in [0.2, 0.25) is 0 Å². The number of amides is 1. The zero-order chi connectivity index (χ0) is 16.0. The van der Waals surface area contributed by atoms with Crippen LogP contribution >= 0.6 is 0 Å². The molecule has 2 aromatic rings. The molecule has 1 N–H and O–H groups in total. The number of rotatable bonds is 2. The van der Waals surface area contributed by atoms with Crippen molar-refractivity contribution in [1.29, 1.82) is 0 Å². The van der Waals surface area contributed by atoms with Crippen molar-refractivity contribution >= 4 is 5.91 Å². The van der Waals surface area contributed by atoms with E-state index in [4.69, 9.17) is 4.42 Å². The summed E-state index contributed by atoms with van der Waals surface area (Å²) in [5.41, 5.74) is 3.01. The summed E-state index contributed by atoms with van der Waals surface area (Å²) < 4.78 is 5.89. The zero-order valence-corrected chi connectivity index (χ0v) is 13.8. The molecule has 122 valence electrons. The molecule has 1 unspecified atom stereocenters. The standard InChI is InChI=1S/C18H23N3O2/c1-11-10-19-17(20-11)14-7-5-9-21(14)18(22)16-12(2)23-15-8-4-3-6-13(15)16/h10,14H,3-9H2,1-2H3,(H,19,20). The number of carbonyl (C=O) groups excluding carboxylic acids is 1. The van der Waals surface area contributed by atoms with Gasteiger partial charge in [-0.3, -0.25) is 4.79 Å². The average Bonchev–Trinajstić information content (AvgIpc) is 3.23. The van der Waals surface area contributed by atoms with Crippen molar-refractivity contribution in [3.05, 3.63) is 40.4 Å². The van der Waals surface area contributed by atoms with E-state index >= 15 is 0 Å². The number of furan rings is 1. The zero-order valence-electron chi connectivity index (χ0n) is 13.8. The fourth-order valence-electron chi connectivity index (χ4n) is 4.02. The van der Waals surface area contributed by atoms with Crippen LogP contribution in [0, 0.1) is 13.8 Å². The number of aryl methyl sites for hydroxylation is 3. The first-order valence-corrected chi connectivity index (χ1v) is 8.58. The van der Waals surface area contributed by atoms with Gasteiger partial charge in [-0.05, 0) is 46.0 Å². The Morgan fingerprint density at radius 3 is 2.91 bits per heavy atom. The molecule has 0 saturated carbocycles. The molecule has 1 fully saturated rings. The van der Waals surface area contributed by atoms with Crippen LogP contribution in [-0.2, 0) is 12.8 Å². The second-order valence-electron chi connectivity index (χ2n) is 6.75. The molecule has 5 nitrogen and oxygen atoms in total. The van der Waals surface area contributed by atoms with E-state index in [1.165, 1.54) is 0 Å². The Hall–Kier alpha value is -2.04. The maximum Gasteiger partial charge on any atom is 0.258 e. The highest BCUT2D eigenvalue weighted by molar-refractivity contribution is 5.97. The molecule has 5 heteroatoms. The highest BCUT2D eigenvalue weighted by atomic mass is 16.3. The Bertz CT molecular complexity index is 744. The van der Waals surface area contributed by atoms with Gasteiger partial charge in [-0.2, -0.15) is 0 Å². The third-order valence-electron chi connectivity index (χ3n) is 5.11. The van der Waals surface area contributed by atoms with Crippen LogP contribution in [0.5, 0.6) is 0 Å². The number of hydrogen-bond donors (Lipinski definition) is 1. The Kier molecular flexibility index (Phi) is 3.51. The lowest BCUT2D eigenvalue weighted by Crippen LogP contribution is -2.32. The van der Waals surface area contributed by atoms with Crippen LogP contribution in [0.15, 0.2) is 10.6 Å². The fraction of sp³-hybridized carbons (Fsp3) is 0.556. The Balaban J connectivity index is 1.67. The minimum Gasteiger partial charge on any atom is -0.465 e. The van der Waals surface area contributed by atoms with E-state index in [1.54, 1.807) is 0 Å². The van der Waals surface area contributed by atoms with Gasteiger partial charge in [0.25, 0.3) is 5.91 Å². The highest BCUT2D eigenvalue weighted by Gasteiger charge is 2.36. The van der Waals surface area contributed by atoms with Gasteiger partial charge in [-0.15, -0.1) is 0 Å². The first-order chi connectivity index (χ1) is 11.1. The number of hydrogen-bond acceptors (Lipinski definition) is 3. The van der Waals surface area contributed by atoms with Gasteiger partial charge in [-0.1, -0.05) is 0 Å². The molecule has 1 aliphatic heterocycles. The van der Waals surface area contributed by atoms with E-state index in [-0.39, 0.29) is 11.9 Å². The molecule has 0 aromatic carbocycles. The third-order valence-corrected chi connectivity index (χ3v) is 5.11. The predicted octanol–water partition coefficient (Wildman–Crippen LogP) is 3.48. The van der Waals surface area contributed by atoms with Gasteiger partial charge in [-0.25, -0.2) is 4.98 Å². The third kappa shape index (κ3) is 2.38. The van der Waals surface area contributed by atoms with Gasteiger partial charge >= 0.3 is 0 Å². The van der Waals surface area contributed by atoms with Crippen LogP contribution in [0.1, 0.15) is 70.7 Å². The topological polar surface area (TPSA) is 62.1 Å². The van der Waals surface area contributed by atoms with Crippen molar-refractivity contribution in [2.75, 3.05) is 6.54 Å². The molecule has 23 heavy (non-hydrogen) atoms. The van der Waals surface area contributed by atoms with E-state index in [1.807, 2.05) is 24.9 Å². The van der Waals surface area contributed by atoms with Crippen molar-refractivity contribution in [2.45, 2.75) is 58.4 Å². The molecule has 0 spiro atoms. The lowest BCUT2D eigenvalue weighted by molar-refractivity contribution is 0.0727. The molecule has 2 aliphatic rings. The van der Waals surface area contributed by atoms with Gasteiger partial charge in [0.15, 0.2) is 0 Å². The number of nitrogens with zero attached hydrogens (tertiary/aromatic N) is 2. The molecule has 0 bridgehead atoms. The summed E-state index contributed by atoms with van der Waals surface area (Å²) in [7, 11) is 0. The van der Waals surface area contributed by atoms with Crippen LogP contribution in [0.4, 0.5) is 0 Å². The summed E-state index contributed by atoms with van der Waals surface area (Å²) in [5.74, 6) is 2.83. The minimum atomic E-state index is 0.0599. The second-order valence-corrected chi connectivity index (χ2v) is 6.75. The molecular formula is C18H23N3O2. The first kappa shape index (κ1) is 14.5. The second kappa shape index (κ2) is 5.55. The number of carbonyl (C=O) groups is 1. The lowest BCUT2D eigenvalue weighted by Gasteiger charge is -2.24. The van der Waals surface area contributed by atoms with E-state index < -0.39 is 0 Å². The van der Waals surface area contributed by atoms with Crippen molar-refractivity contribution in [1.82, 2.24) is 14.9 Å². The Morgan fingerprint density at radius 2 is 2.13 bits per heavy atom.